The minimum atomic E-state index is -0.722. The lowest BCUT2D eigenvalue weighted by molar-refractivity contribution is -0.385. The first-order valence-electron chi connectivity index (χ1n) is 6.40. The highest BCUT2D eigenvalue weighted by Gasteiger charge is 2.32. The molecular weight excluding hydrogens is 283 g/mol. The molecule has 1 saturated heterocycles. The summed E-state index contributed by atoms with van der Waals surface area (Å²) in [5.74, 6) is -1.38. The summed E-state index contributed by atoms with van der Waals surface area (Å²) < 4.78 is 29.7. The molecule has 2 rings (SSSR count). The molecule has 0 amide bonds. The third-order valence-corrected chi connectivity index (χ3v) is 3.05. The van der Waals surface area contributed by atoms with E-state index in [2.05, 4.69) is 5.32 Å². The summed E-state index contributed by atoms with van der Waals surface area (Å²) in [4.78, 5) is 10.1. The van der Waals surface area contributed by atoms with E-state index in [4.69, 9.17) is 14.2 Å². The second-order valence-electron chi connectivity index (χ2n) is 5.09. The average Bonchev–Trinajstić information content (AvgIpc) is 2.76. The number of hydrogen-bond acceptors (Lipinski definition) is 6. The van der Waals surface area contributed by atoms with Crippen molar-refractivity contribution in [1.29, 1.82) is 0 Å². The highest BCUT2D eigenvalue weighted by Crippen LogP contribution is 2.32. The van der Waals surface area contributed by atoms with Gasteiger partial charge in [-0.1, -0.05) is 0 Å². The molecular formula is C13H17FN2O5. The SMILES string of the molecule is COc1cc(NCC2COC(C)(C)O2)c(F)cc1[N+](=O)[O-]. The predicted octanol–water partition coefficient (Wildman–Crippen LogP) is 2.31. The van der Waals surface area contributed by atoms with Crippen LogP contribution in [-0.4, -0.2) is 37.1 Å². The van der Waals surface area contributed by atoms with Gasteiger partial charge >= 0.3 is 5.69 Å². The average molecular weight is 300 g/mol. The number of nitrogens with one attached hydrogen (secondary N) is 1. The number of ether oxygens (including phenoxy) is 3. The maximum atomic E-state index is 13.9. The lowest BCUT2D eigenvalue weighted by atomic mass is 10.2. The molecule has 1 aliphatic heterocycles. The van der Waals surface area contributed by atoms with Crippen molar-refractivity contribution < 1.29 is 23.5 Å². The van der Waals surface area contributed by atoms with Crippen molar-refractivity contribution in [1.82, 2.24) is 0 Å². The van der Waals surface area contributed by atoms with Crippen molar-refractivity contribution in [3.05, 3.63) is 28.1 Å². The number of anilines is 1. The third-order valence-electron chi connectivity index (χ3n) is 3.05. The molecule has 8 heteroatoms. The summed E-state index contributed by atoms with van der Waals surface area (Å²) in [7, 11) is 1.29. The van der Waals surface area contributed by atoms with Crippen LogP contribution in [-0.2, 0) is 9.47 Å². The van der Waals surface area contributed by atoms with Gasteiger partial charge in [-0.25, -0.2) is 4.39 Å². The summed E-state index contributed by atoms with van der Waals surface area (Å²) in [6, 6.07) is 2.09. The normalized spacial score (nSPS) is 20.3. The first kappa shape index (κ1) is 15.5. The molecule has 1 fully saturated rings. The van der Waals surface area contributed by atoms with Crippen LogP contribution in [0.1, 0.15) is 13.8 Å². The molecule has 1 heterocycles. The number of nitro benzene ring substituents is 1. The quantitative estimate of drug-likeness (QED) is 0.663. The predicted molar refractivity (Wildman–Crippen MR) is 73.0 cm³/mol. The van der Waals surface area contributed by atoms with Crippen LogP contribution in [0.2, 0.25) is 0 Å². The van der Waals surface area contributed by atoms with Crippen LogP contribution < -0.4 is 10.1 Å². The van der Waals surface area contributed by atoms with Gasteiger partial charge in [-0.15, -0.1) is 0 Å². The lowest BCUT2D eigenvalue weighted by Gasteiger charge is -2.17. The Morgan fingerprint density at radius 1 is 1.57 bits per heavy atom. The van der Waals surface area contributed by atoms with Gasteiger partial charge in [-0.3, -0.25) is 10.1 Å². The Kier molecular flexibility index (Phi) is 4.29. The largest absolute Gasteiger partial charge is 0.490 e. The molecule has 0 aliphatic carbocycles. The molecule has 1 N–H and O–H groups in total. The van der Waals surface area contributed by atoms with Crippen LogP contribution in [0.4, 0.5) is 15.8 Å². The monoisotopic (exact) mass is 300 g/mol. The van der Waals surface area contributed by atoms with E-state index in [0.717, 1.165) is 6.07 Å². The van der Waals surface area contributed by atoms with Crippen LogP contribution in [0.15, 0.2) is 12.1 Å². The maximum Gasteiger partial charge on any atom is 0.313 e. The first-order chi connectivity index (χ1) is 9.82. The Morgan fingerprint density at radius 3 is 2.81 bits per heavy atom. The van der Waals surface area contributed by atoms with Crippen LogP contribution in [0.25, 0.3) is 0 Å². The third kappa shape index (κ3) is 3.59. The molecule has 1 aromatic rings. The van der Waals surface area contributed by atoms with Crippen LogP contribution in [0.5, 0.6) is 5.75 Å². The van der Waals surface area contributed by atoms with E-state index in [-0.39, 0.29) is 17.5 Å². The smallest absolute Gasteiger partial charge is 0.313 e. The van der Waals surface area contributed by atoms with E-state index in [1.54, 1.807) is 13.8 Å². The topological polar surface area (TPSA) is 82.9 Å². The maximum absolute atomic E-state index is 13.9. The number of hydrogen-bond donors (Lipinski definition) is 1. The molecule has 1 aromatic carbocycles. The summed E-state index contributed by atoms with van der Waals surface area (Å²) in [6.45, 7) is 4.30. The summed E-state index contributed by atoms with van der Waals surface area (Å²) >= 11 is 0. The molecule has 21 heavy (non-hydrogen) atoms. The Labute approximate surface area is 121 Å². The standard InChI is InChI=1S/C13H17FN2O5/c1-13(2)20-7-8(21-13)6-15-10-5-12(19-3)11(16(17)18)4-9(10)14/h4-5,8,15H,6-7H2,1-3H3. The van der Waals surface area contributed by atoms with Crippen LogP contribution in [0.3, 0.4) is 0 Å². The van der Waals surface area contributed by atoms with E-state index in [0.29, 0.717) is 13.2 Å². The van der Waals surface area contributed by atoms with Gasteiger partial charge in [0.1, 0.15) is 6.10 Å². The molecule has 0 bridgehead atoms. The van der Waals surface area contributed by atoms with Crippen LogP contribution in [0, 0.1) is 15.9 Å². The second kappa shape index (κ2) is 5.82. The Balaban J connectivity index is 2.08. The molecule has 0 aromatic heterocycles. The van der Waals surface area contributed by atoms with Gasteiger partial charge in [0.15, 0.2) is 17.4 Å². The Bertz CT molecular complexity index is 550. The van der Waals surface area contributed by atoms with E-state index < -0.39 is 22.2 Å². The molecule has 0 saturated carbocycles. The van der Waals surface area contributed by atoms with Gasteiger partial charge in [0.2, 0.25) is 0 Å². The van der Waals surface area contributed by atoms with Crippen molar-refractivity contribution in [3.8, 4) is 5.75 Å². The molecule has 1 aliphatic rings. The fourth-order valence-electron chi connectivity index (χ4n) is 2.07. The molecule has 0 radical (unpaired) electrons. The number of nitrogens with zero attached hydrogens (tertiary/aromatic N) is 1. The van der Waals surface area contributed by atoms with Gasteiger partial charge < -0.3 is 19.5 Å². The summed E-state index contributed by atoms with van der Waals surface area (Å²) in [5, 5.41) is 13.6. The number of nitro groups is 1. The highest BCUT2D eigenvalue weighted by molar-refractivity contribution is 5.59. The fraction of sp³-hybridized carbons (Fsp3) is 0.538. The van der Waals surface area contributed by atoms with E-state index in [1.165, 1.54) is 13.2 Å². The number of rotatable bonds is 5. The Hall–Kier alpha value is -1.93. The zero-order valence-corrected chi connectivity index (χ0v) is 12.0. The number of halogens is 1. The molecule has 1 unspecified atom stereocenters. The molecule has 0 spiro atoms. The fourth-order valence-corrected chi connectivity index (χ4v) is 2.07. The van der Waals surface area contributed by atoms with Gasteiger partial charge in [-0.05, 0) is 13.8 Å². The summed E-state index contributed by atoms with van der Waals surface area (Å²) in [5.41, 5.74) is -0.298. The van der Waals surface area contributed by atoms with Crippen molar-refractivity contribution >= 4 is 11.4 Å². The van der Waals surface area contributed by atoms with Gasteiger partial charge in [0.25, 0.3) is 0 Å². The summed E-state index contributed by atoms with van der Waals surface area (Å²) in [6.07, 6.45) is -0.222. The van der Waals surface area contributed by atoms with Crippen LogP contribution >= 0.6 is 0 Å². The second-order valence-corrected chi connectivity index (χ2v) is 5.09. The highest BCUT2D eigenvalue weighted by atomic mass is 19.1. The minimum absolute atomic E-state index is 0.00665. The van der Waals surface area contributed by atoms with Crippen molar-refractivity contribution in [2.45, 2.75) is 25.7 Å². The van der Waals surface area contributed by atoms with E-state index in [1.807, 2.05) is 0 Å². The van der Waals surface area contributed by atoms with Crippen molar-refractivity contribution in [2.24, 2.45) is 0 Å². The zero-order valence-electron chi connectivity index (χ0n) is 12.0. The lowest BCUT2D eigenvalue weighted by Crippen LogP contribution is -2.26. The van der Waals surface area contributed by atoms with Crippen molar-refractivity contribution in [2.75, 3.05) is 25.6 Å². The van der Waals surface area contributed by atoms with Gasteiger partial charge in [0, 0.05) is 12.6 Å². The molecule has 7 nitrogen and oxygen atoms in total. The van der Waals surface area contributed by atoms with Gasteiger partial charge in [-0.2, -0.15) is 0 Å². The minimum Gasteiger partial charge on any atom is -0.490 e. The number of benzene rings is 1. The number of methoxy groups -OCH3 is 1. The zero-order chi connectivity index (χ0) is 15.6. The van der Waals surface area contributed by atoms with E-state index >= 15 is 0 Å². The Morgan fingerprint density at radius 2 is 2.29 bits per heavy atom. The van der Waals surface area contributed by atoms with Crippen molar-refractivity contribution in [3.63, 3.8) is 0 Å². The van der Waals surface area contributed by atoms with E-state index in [9.17, 15) is 14.5 Å². The molecule has 1 atom stereocenters. The molecule has 116 valence electrons. The van der Waals surface area contributed by atoms with Gasteiger partial charge in [0.05, 0.1) is 30.4 Å². The first-order valence-corrected chi connectivity index (χ1v) is 6.40.